The van der Waals surface area contributed by atoms with E-state index < -0.39 is 6.10 Å². The van der Waals surface area contributed by atoms with E-state index in [1.807, 2.05) is 0 Å². The second-order valence-electron chi connectivity index (χ2n) is 15.7. The highest BCUT2D eigenvalue weighted by molar-refractivity contribution is 5.71. The zero-order chi connectivity index (χ0) is 39.4. The van der Waals surface area contributed by atoms with Gasteiger partial charge in [-0.15, -0.1) is 0 Å². The third-order valence-electron chi connectivity index (χ3n) is 10.2. The van der Waals surface area contributed by atoms with Gasteiger partial charge in [0.15, 0.2) is 6.10 Å². The lowest BCUT2D eigenvalue weighted by molar-refractivity contribution is -0.167. The van der Waals surface area contributed by atoms with Crippen LogP contribution in [0.3, 0.4) is 0 Å². The third-order valence-corrected chi connectivity index (χ3v) is 10.2. The van der Waals surface area contributed by atoms with Gasteiger partial charge in [-0.05, 0) is 44.9 Å². The Bertz CT molecular complexity index is 880. The number of carbonyl (C=O) groups is 3. The average Bonchev–Trinajstić information content (AvgIpc) is 3.17. The fraction of sp³-hybridized carbons (Fsp3) is 0.854. The summed E-state index contributed by atoms with van der Waals surface area (Å²) in [5, 5.41) is 0. The zero-order valence-corrected chi connectivity index (χ0v) is 36.0. The molecule has 0 saturated heterocycles. The Kier molecular flexibility index (Phi) is 41.9. The normalized spacial score (nSPS) is 12.1. The lowest BCUT2D eigenvalue weighted by Crippen LogP contribution is -2.30. The van der Waals surface area contributed by atoms with Crippen LogP contribution in [0.5, 0.6) is 0 Å². The highest BCUT2D eigenvalue weighted by Crippen LogP contribution is 2.15. The fourth-order valence-electron chi connectivity index (χ4n) is 6.66. The van der Waals surface area contributed by atoms with E-state index in [-0.39, 0.29) is 31.1 Å². The summed E-state index contributed by atoms with van der Waals surface area (Å²) in [6, 6.07) is 0. The van der Waals surface area contributed by atoms with E-state index in [0.29, 0.717) is 19.3 Å². The van der Waals surface area contributed by atoms with Crippen molar-refractivity contribution >= 4 is 17.9 Å². The topological polar surface area (TPSA) is 78.9 Å². The van der Waals surface area contributed by atoms with Gasteiger partial charge in [-0.2, -0.15) is 0 Å². The van der Waals surface area contributed by atoms with Crippen LogP contribution in [-0.4, -0.2) is 37.2 Å². The Balaban J connectivity index is 4.27. The molecule has 1 atom stereocenters. The first kappa shape index (κ1) is 51.9. The van der Waals surface area contributed by atoms with E-state index in [9.17, 15) is 14.4 Å². The molecule has 0 aromatic heterocycles. The molecule has 0 radical (unpaired) electrons. The Morgan fingerprint density at radius 2 is 0.704 bits per heavy atom. The molecule has 1 unspecified atom stereocenters. The summed E-state index contributed by atoms with van der Waals surface area (Å²) in [5.74, 6) is -0.887. The summed E-state index contributed by atoms with van der Waals surface area (Å²) >= 11 is 0. The second kappa shape index (κ2) is 43.6. The van der Waals surface area contributed by atoms with Gasteiger partial charge in [0.05, 0.1) is 0 Å². The monoisotopic (exact) mass is 761 g/mol. The molecule has 6 heteroatoms. The van der Waals surface area contributed by atoms with Crippen molar-refractivity contribution in [3.8, 4) is 0 Å². The molecule has 6 nitrogen and oxygen atoms in total. The summed E-state index contributed by atoms with van der Waals surface area (Å²) in [4.78, 5) is 37.6. The van der Waals surface area contributed by atoms with Gasteiger partial charge in [0.2, 0.25) is 0 Å². The molecule has 0 fully saturated rings. The Labute approximate surface area is 334 Å². The summed E-state index contributed by atoms with van der Waals surface area (Å²) in [7, 11) is 0. The van der Waals surface area contributed by atoms with Gasteiger partial charge in [-0.25, -0.2) is 0 Å². The highest BCUT2D eigenvalue weighted by atomic mass is 16.6. The number of ether oxygens (including phenoxy) is 3. The van der Waals surface area contributed by atoms with Crippen LogP contribution in [-0.2, 0) is 28.6 Å². The van der Waals surface area contributed by atoms with Gasteiger partial charge in [0.25, 0.3) is 0 Å². The Morgan fingerprint density at radius 3 is 1.09 bits per heavy atom. The maximum absolute atomic E-state index is 12.7. The van der Waals surface area contributed by atoms with E-state index in [1.54, 1.807) is 0 Å². The van der Waals surface area contributed by atoms with Crippen LogP contribution >= 0.6 is 0 Å². The van der Waals surface area contributed by atoms with Crippen molar-refractivity contribution in [2.24, 2.45) is 0 Å². The fourth-order valence-corrected chi connectivity index (χ4v) is 6.66. The summed E-state index contributed by atoms with van der Waals surface area (Å²) in [5.41, 5.74) is 0. The molecule has 0 N–H and O–H groups in total. The standard InChI is InChI=1S/C48H88O6/c1-4-7-10-13-16-18-20-22-23-24-26-27-29-32-35-38-41-47(50)53-44-45(43-52-46(49)40-37-34-31-15-12-9-6-3)54-48(51)42-39-36-33-30-28-25-21-19-17-14-11-8-5-2/h11,14,19,21,45H,4-10,12-13,15-18,20,22-44H2,1-3H3/b14-11-,21-19-. The lowest BCUT2D eigenvalue weighted by atomic mass is 10.0. The van der Waals surface area contributed by atoms with Gasteiger partial charge < -0.3 is 14.2 Å². The predicted molar refractivity (Wildman–Crippen MR) is 229 cm³/mol. The maximum Gasteiger partial charge on any atom is 0.306 e. The quantitative estimate of drug-likeness (QED) is 0.0267. The van der Waals surface area contributed by atoms with E-state index >= 15 is 0 Å². The minimum Gasteiger partial charge on any atom is -0.462 e. The minimum atomic E-state index is -0.770. The Morgan fingerprint density at radius 1 is 0.370 bits per heavy atom. The van der Waals surface area contributed by atoms with E-state index in [0.717, 1.165) is 89.9 Å². The molecule has 0 aliphatic rings. The molecule has 0 saturated carbocycles. The van der Waals surface area contributed by atoms with Gasteiger partial charge in [0, 0.05) is 19.3 Å². The summed E-state index contributed by atoms with van der Waals surface area (Å²) in [6.45, 7) is 6.53. The molecule has 0 aliphatic carbocycles. The average molecular weight is 761 g/mol. The number of rotatable bonds is 42. The number of unbranched alkanes of at least 4 members (excludes halogenated alkanes) is 27. The molecule has 0 spiro atoms. The van der Waals surface area contributed by atoms with Gasteiger partial charge in [0.1, 0.15) is 13.2 Å². The smallest absolute Gasteiger partial charge is 0.306 e. The van der Waals surface area contributed by atoms with Crippen molar-refractivity contribution in [3.63, 3.8) is 0 Å². The molecule has 0 aliphatic heterocycles. The zero-order valence-electron chi connectivity index (χ0n) is 36.0. The van der Waals surface area contributed by atoms with Crippen LogP contribution in [0.4, 0.5) is 0 Å². The molecule has 316 valence electrons. The third kappa shape index (κ3) is 41.1. The first-order valence-electron chi connectivity index (χ1n) is 23.3. The molecule has 0 rings (SSSR count). The van der Waals surface area contributed by atoms with Crippen LogP contribution in [0.2, 0.25) is 0 Å². The van der Waals surface area contributed by atoms with Crippen molar-refractivity contribution in [1.82, 2.24) is 0 Å². The van der Waals surface area contributed by atoms with Crippen LogP contribution in [0.1, 0.15) is 245 Å². The van der Waals surface area contributed by atoms with E-state index in [1.165, 1.54) is 116 Å². The Hall–Kier alpha value is -2.11. The molecular weight excluding hydrogens is 673 g/mol. The SMILES string of the molecule is CCC/C=C\C/C=C\CCCCCCCC(=O)OC(COC(=O)CCCCCCCCC)COC(=O)CCCCCCCCCCCCCCCCCC. The summed E-state index contributed by atoms with van der Waals surface area (Å²) < 4.78 is 16.7. The number of allylic oxidation sites excluding steroid dienone is 4. The number of carbonyl (C=O) groups excluding carboxylic acids is 3. The van der Waals surface area contributed by atoms with Crippen LogP contribution < -0.4 is 0 Å². The summed E-state index contributed by atoms with van der Waals surface area (Å²) in [6.07, 6.45) is 47.4. The molecule has 0 bridgehead atoms. The first-order valence-corrected chi connectivity index (χ1v) is 23.3. The van der Waals surface area contributed by atoms with E-state index in [4.69, 9.17) is 14.2 Å². The molecule has 0 aromatic rings. The largest absolute Gasteiger partial charge is 0.462 e. The first-order chi connectivity index (χ1) is 26.5. The highest BCUT2D eigenvalue weighted by Gasteiger charge is 2.19. The predicted octanol–water partition coefficient (Wildman–Crippen LogP) is 14.8. The molecular formula is C48H88O6. The lowest BCUT2D eigenvalue weighted by Gasteiger charge is -2.18. The van der Waals surface area contributed by atoms with Crippen molar-refractivity contribution in [3.05, 3.63) is 24.3 Å². The number of esters is 3. The van der Waals surface area contributed by atoms with Crippen molar-refractivity contribution in [2.45, 2.75) is 252 Å². The molecule has 0 heterocycles. The van der Waals surface area contributed by atoms with Gasteiger partial charge >= 0.3 is 17.9 Å². The number of hydrogen-bond donors (Lipinski definition) is 0. The molecule has 0 aromatic carbocycles. The van der Waals surface area contributed by atoms with Crippen LogP contribution in [0.15, 0.2) is 24.3 Å². The van der Waals surface area contributed by atoms with Gasteiger partial charge in [-0.1, -0.05) is 206 Å². The molecule has 54 heavy (non-hydrogen) atoms. The molecule has 0 amide bonds. The van der Waals surface area contributed by atoms with Crippen molar-refractivity contribution in [1.29, 1.82) is 0 Å². The van der Waals surface area contributed by atoms with Gasteiger partial charge in [-0.3, -0.25) is 14.4 Å². The van der Waals surface area contributed by atoms with Crippen molar-refractivity contribution in [2.75, 3.05) is 13.2 Å². The van der Waals surface area contributed by atoms with Crippen molar-refractivity contribution < 1.29 is 28.6 Å². The van der Waals surface area contributed by atoms with Crippen LogP contribution in [0, 0.1) is 0 Å². The number of hydrogen-bond acceptors (Lipinski definition) is 6. The second-order valence-corrected chi connectivity index (χ2v) is 15.7. The van der Waals surface area contributed by atoms with Crippen LogP contribution in [0.25, 0.3) is 0 Å². The van der Waals surface area contributed by atoms with E-state index in [2.05, 4.69) is 45.1 Å². The maximum atomic E-state index is 12.7. The minimum absolute atomic E-state index is 0.0734.